The number of nitrogens with zero attached hydrogens (tertiary/aromatic N) is 2. The number of hydrogen-bond acceptors (Lipinski definition) is 3. The molecule has 0 fully saturated rings. The van der Waals surface area contributed by atoms with E-state index >= 15 is 0 Å². The molecule has 0 saturated heterocycles. The lowest BCUT2D eigenvalue weighted by Gasteiger charge is -2.16. The first-order chi connectivity index (χ1) is 10.0. The predicted octanol–water partition coefficient (Wildman–Crippen LogP) is 3.22. The van der Waals surface area contributed by atoms with E-state index in [1.54, 1.807) is 0 Å². The molecule has 0 aliphatic heterocycles. The Morgan fingerprint density at radius 3 is 2.52 bits per heavy atom. The van der Waals surface area contributed by atoms with Crippen molar-refractivity contribution < 1.29 is 4.74 Å². The van der Waals surface area contributed by atoms with E-state index in [0.29, 0.717) is 6.61 Å². The van der Waals surface area contributed by atoms with E-state index in [1.165, 1.54) is 5.56 Å². The summed E-state index contributed by atoms with van der Waals surface area (Å²) < 4.78 is 7.27. The lowest BCUT2D eigenvalue weighted by Crippen LogP contribution is -2.08. The topological polar surface area (TPSA) is 39.1 Å². The molecule has 1 N–H and O–H groups in total. The van der Waals surface area contributed by atoms with Gasteiger partial charge in [0.1, 0.15) is 12.4 Å². The minimum absolute atomic E-state index is 0.188. The Morgan fingerprint density at radius 2 is 2.00 bits per heavy atom. The molecule has 0 saturated carbocycles. The van der Waals surface area contributed by atoms with Gasteiger partial charge in [-0.05, 0) is 38.5 Å². The largest absolute Gasteiger partial charge is 0.481 e. The molecule has 2 rings (SSSR count). The lowest BCUT2D eigenvalue weighted by atomic mass is 10.1. The maximum atomic E-state index is 5.38. The SMILES string of the molecule is C#CCOc1ccc([C@@H](C)Nc2c(C)nn(C)c2C)cc1. The van der Waals surface area contributed by atoms with E-state index in [-0.39, 0.29) is 6.04 Å². The van der Waals surface area contributed by atoms with Crippen molar-refractivity contribution in [3.8, 4) is 18.1 Å². The number of terminal acetylenes is 1. The van der Waals surface area contributed by atoms with E-state index in [2.05, 4.69) is 30.2 Å². The molecule has 0 aliphatic carbocycles. The molecule has 0 amide bonds. The van der Waals surface area contributed by atoms with Gasteiger partial charge in [0.25, 0.3) is 0 Å². The third-order valence-corrected chi connectivity index (χ3v) is 3.57. The first-order valence-electron chi connectivity index (χ1n) is 6.96. The molecule has 2 aromatic rings. The fraction of sp³-hybridized carbons (Fsp3) is 0.353. The molecule has 1 heterocycles. The van der Waals surface area contributed by atoms with Crippen LogP contribution in [0.25, 0.3) is 0 Å². The summed E-state index contributed by atoms with van der Waals surface area (Å²) in [5, 5.41) is 7.94. The fourth-order valence-corrected chi connectivity index (χ4v) is 2.26. The molecule has 4 nitrogen and oxygen atoms in total. The Hall–Kier alpha value is -2.41. The van der Waals surface area contributed by atoms with Crippen LogP contribution in [0.2, 0.25) is 0 Å². The molecular formula is C17H21N3O. The molecule has 1 atom stereocenters. The van der Waals surface area contributed by atoms with Crippen molar-refractivity contribution in [2.45, 2.75) is 26.8 Å². The molecule has 0 spiro atoms. The molecule has 0 bridgehead atoms. The third-order valence-electron chi connectivity index (χ3n) is 3.57. The first kappa shape index (κ1) is 15.0. The van der Waals surface area contributed by atoms with Gasteiger partial charge in [0.15, 0.2) is 0 Å². The van der Waals surface area contributed by atoms with Crippen molar-refractivity contribution in [1.82, 2.24) is 9.78 Å². The number of rotatable bonds is 5. The average molecular weight is 283 g/mol. The normalized spacial score (nSPS) is 11.8. The van der Waals surface area contributed by atoms with Crippen LogP contribution in [0.15, 0.2) is 24.3 Å². The highest BCUT2D eigenvalue weighted by molar-refractivity contribution is 5.53. The van der Waals surface area contributed by atoms with Gasteiger partial charge in [-0.15, -0.1) is 6.42 Å². The molecular weight excluding hydrogens is 262 g/mol. The highest BCUT2D eigenvalue weighted by Crippen LogP contribution is 2.25. The van der Waals surface area contributed by atoms with Crippen LogP contribution in [0.5, 0.6) is 5.75 Å². The zero-order valence-corrected chi connectivity index (χ0v) is 13.0. The summed E-state index contributed by atoms with van der Waals surface area (Å²) in [5.74, 6) is 3.25. The van der Waals surface area contributed by atoms with Crippen molar-refractivity contribution in [2.24, 2.45) is 7.05 Å². The Balaban J connectivity index is 2.10. The van der Waals surface area contributed by atoms with Crippen LogP contribution in [-0.2, 0) is 7.05 Å². The highest BCUT2D eigenvalue weighted by Gasteiger charge is 2.13. The fourth-order valence-electron chi connectivity index (χ4n) is 2.26. The van der Waals surface area contributed by atoms with Gasteiger partial charge in [-0.2, -0.15) is 5.10 Å². The number of anilines is 1. The van der Waals surface area contributed by atoms with Gasteiger partial charge < -0.3 is 10.1 Å². The first-order valence-corrected chi connectivity index (χ1v) is 6.96. The van der Waals surface area contributed by atoms with Crippen LogP contribution >= 0.6 is 0 Å². The van der Waals surface area contributed by atoms with Gasteiger partial charge in [0.2, 0.25) is 0 Å². The van der Waals surface area contributed by atoms with Gasteiger partial charge in [-0.1, -0.05) is 18.1 Å². The van der Waals surface area contributed by atoms with E-state index in [0.717, 1.165) is 22.8 Å². The van der Waals surface area contributed by atoms with Crippen molar-refractivity contribution in [2.75, 3.05) is 11.9 Å². The van der Waals surface area contributed by atoms with Gasteiger partial charge in [0.05, 0.1) is 17.1 Å². The summed E-state index contributed by atoms with van der Waals surface area (Å²) in [6.45, 7) is 6.50. The van der Waals surface area contributed by atoms with Crippen LogP contribution < -0.4 is 10.1 Å². The van der Waals surface area contributed by atoms with Crippen LogP contribution in [0.3, 0.4) is 0 Å². The summed E-state index contributed by atoms with van der Waals surface area (Å²) in [5.41, 5.74) is 4.42. The summed E-state index contributed by atoms with van der Waals surface area (Å²) in [7, 11) is 1.95. The summed E-state index contributed by atoms with van der Waals surface area (Å²) in [6, 6.07) is 8.16. The van der Waals surface area contributed by atoms with Crippen molar-refractivity contribution >= 4 is 5.69 Å². The number of ether oxygens (including phenoxy) is 1. The van der Waals surface area contributed by atoms with Gasteiger partial charge in [-0.3, -0.25) is 4.68 Å². The van der Waals surface area contributed by atoms with E-state index < -0.39 is 0 Å². The van der Waals surface area contributed by atoms with E-state index in [1.807, 2.05) is 42.9 Å². The van der Waals surface area contributed by atoms with Crippen molar-refractivity contribution in [3.05, 3.63) is 41.2 Å². The monoisotopic (exact) mass is 283 g/mol. The second-order valence-corrected chi connectivity index (χ2v) is 5.10. The van der Waals surface area contributed by atoms with Crippen LogP contribution in [0.1, 0.15) is 29.9 Å². The van der Waals surface area contributed by atoms with E-state index in [9.17, 15) is 0 Å². The Labute approximate surface area is 126 Å². The van der Waals surface area contributed by atoms with Crippen LogP contribution in [0, 0.1) is 26.2 Å². The second-order valence-electron chi connectivity index (χ2n) is 5.10. The molecule has 0 unspecified atom stereocenters. The number of nitrogens with one attached hydrogen (secondary N) is 1. The van der Waals surface area contributed by atoms with E-state index in [4.69, 9.17) is 11.2 Å². The highest BCUT2D eigenvalue weighted by atomic mass is 16.5. The second kappa shape index (κ2) is 6.36. The summed E-state index contributed by atoms with van der Waals surface area (Å²) in [6.07, 6.45) is 5.18. The van der Waals surface area contributed by atoms with Crippen LogP contribution in [-0.4, -0.2) is 16.4 Å². The quantitative estimate of drug-likeness (QED) is 0.856. The molecule has 4 heteroatoms. The summed E-state index contributed by atoms with van der Waals surface area (Å²) >= 11 is 0. The minimum Gasteiger partial charge on any atom is -0.481 e. The lowest BCUT2D eigenvalue weighted by molar-refractivity contribution is 0.370. The number of aryl methyl sites for hydroxylation is 2. The van der Waals surface area contributed by atoms with Crippen LogP contribution in [0.4, 0.5) is 5.69 Å². The summed E-state index contributed by atoms with van der Waals surface area (Å²) in [4.78, 5) is 0. The predicted molar refractivity (Wildman–Crippen MR) is 85.5 cm³/mol. The van der Waals surface area contributed by atoms with Gasteiger partial charge in [-0.25, -0.2) is 0 Å². The standard InChI is InChI=1S/C17H21N3O/c1-6-11-21-16-9-7-15(8-10-16)12(2)18-17-13(3)19-20(5)14(17)4/h1,7-10,12,18H,11H2,2-5H3/t12-/m1/s1. The molecule has 0 aliphatic rings. The van der Waals surface area contributed by atoms with Crippen molar-refractivity contribution in [1.29, 1.82) is 0 Å². The number of aromatic nitrogens is 2. The smallest absolute Gasteiger partial charge is 0.148 e. The average Bonchev–Trinajstić information content (AvgIpc) is 2.72. The number of hydrogen-bond donors (Lipinski definition) is 1. The Bertz CT molecular complexity index is 650. The number of benzene rings is 1. The molecule has 1 aromatic carbocycles. The molecule has 21 heavy (non-hydrogen) atoms. The zero-order valence-electron chi connectivity index (χ0n) is 13.0. The van der Waals surface area contributed by atoms with Crippen molar-refractivity contribution in [3.63, 3.8) is 0 Å². The zero-order chi connectivity index (χ0) is 15.4. The molecule has 0 radical (unpaired) electrons. The molecule has 1 aromatic heterocycles. The Morgan fingerprint density at radius 1 is 1.33 bits per heavy atom. The maximum Gasteiger partial charge on any atom is 0.148 e. The maximum absolute atomic E-state index is 5.38. The third kappa shape index (κ3) is 3.38. The van der Waals surface area contributed by atoms with Gasteiger partial charge in [0, 0.05) is 13.1 Å². The van der Waals surface area contributed by atoms with Gasteiger partial charge >= 0.3 is 0 Å². The molecule has 110 valence electrons. The minimum atomic E-state index is 0.188. The Kier molecular flexibility index (Phi) is 4.54.